The fourth-order valence-electron chi connectivity index (χ4n) is 3.96. The zero-order chi connectivity index (χ0) is 23.5. The standard InChI is InChI=1S/C21H32N4O6S/c1-21(2,3)31-20(26)23-14-12-22(13-15-23)18-9-8-17(16-19(18)25(27)28)32(29,30)24-10-6-4-5-7-11-24/h8-9,16H,4-7,10-15H2,1-3H3. The van der Waals surface area contributed by atoms with Crippen molar-refractivity contribution in [3.05, 3.63) is 28.3 Å². The molecule has 11 heteroatoms. The lowest BCUT2D eigenvalue weighted by molar-refractivity contribution is -0.384. The summed E-state index contributed by atoms with van der Waals surface area (Å²) in [5.74, 6) is 0. The van der Waals surface area contributed by atoms with Crippen LogP contribution in [0.4, 0.5) is 16.2 Å². The lowest BCUT2D eigenvalue weighted by Crippen LogP contribution is -2.50. The number of carbonyl (C=O) groups is 1. The van der Waals surface area contributed by atoms with E-state index < -0.39 is 26.6 Å². The number of nitro benzene ring substituents is 1. The van der Waals surface area contributed by atoms with E-state index in [1.807, 2.05) is 0 Å². The van der Waals surface area contributed by atoms with E-state index >= 15 is 0 Å². The van der Waals surface area contributed by atoms with Gasteiger partial charge in [-0.05, 0) is 45.7 Å². The van der Waals surface area contributed by atoms with Crippen molar-refractivity contribution >= 4 is 27.5 Å². The molecule has 0 bridgehead atoms. The first-order valence-electron chi connectivity index (χ1n) is 11.0. The van der Waals surface area contributed by atoms with E-state index in [1.165, 1.54) is 16.4 Å². The van der Waals surface area contributed by atoms with Crippen molar-refractivity contribution in [1.82, 2.24) is 9.21 Å². The van der Waals surface area contributed by atoms with Crippen LogP contribution in [-0.4, -0.2) is 73.5 Å². The highest BCUT2D eigenvalue weighted by Gasteiger charge is 2.31. The molecule has 0 N–H and O–H groups in total. The van der Waals surface area contributed by atoms with Crippen molar-refractivity contribution < 1.29 is 22.9 Å². The van der Waals surface area contributed by atoms with E-state index in [9.17, 15) is 23.3 Å². The summed E-state index contributed by atoms with van der Waals surface area (Å²) in [5.41, 5.74) is -0.484. The lowest BCUT2D eigenvalue weighted by atomic mass is 10.2. The zero-order valence-electron chi connectivity index (χ0n) is 18.9. The van der Waals surface area contributed by atoms with Crippen LogP contribution in [0.5, 0.6) is 0 Å². The number of amides is 1. The molecule has 2 saturated heterocycles. The number of ether oxygens (including phenoxy) is 1. The van der Waals surface area contributed by atoms with E-state index in [0.717, 1.165) is 31.7 Å². The highest BCUT2D eigenvalue weighted by Crippen LogP contribution is 2.33. The molecule has 0 unspecified atom stereocenters. The minimum Gasteiger partial charge on any atom is -0.444 e. The van der Waals surface area contributed by atoms with Crippen LogP contribution >= 0.6 is 0 Å². The molecule has 10 nitrogen and oxygen atoms in total. The number of nitrogens with zero attached hydrogens (tertiary/aromatic N) is 4. The van der Waals surface area contributed by atoms with E-state index in [0.29, 0.717) is 45.0 Å². The molecule has 0 aromatic heterocycles. The van der Waals surface area contributed by atoms with Gasteiger partial charge in [0.05, 0.1) is 9.82 Å². The van der Waals surface area contributed by atoms with Gasteiger partial charge in [0.25, 0.3) is 5.69 Å². The number of hydrogen-bond acceptors (Lipinski definition) is 7. The second-order valence-electron chi connectivity index (χ2n) is 9.18. The Morgan fingerprint density at radius 3 is 2.12 bits per heavy atom. The number of nitro groups is 1. The van der Waals surface area contributed by atoms with Gasteiger partial charge in [-0.1, -0.05) is 12.8 Å². The number of benzene rings is 1. The molecule has 0 aliphatic carbocycles. The van der Waals surface area contributed by atoms with E-state index in [-0.39, 0.29) is 10.6 Å². The number of piperazine rings is 1. The number of carbonyl (C=O) groups excluding carboxylic acids is 1. The van der Waals surface area contributed by atoms with E-state index in [2.05, 4.69) is 0 Å². The van der Waals surface area contributed by atoms with Gasteiger partial charge in [0.2, 0.25) is 10.0 Å². The molecule has 3 rings (SSSR count). The number of hydrogen-bond donors (Lipinski definition) is 0. The molecule has 0 atom stereocenters. The molecule has 0 spiro atoms. The topological polar surface area (TPSA) is 113 Å². The van der Waals surface area contributed by atoms with Crippen molar-refractivity contribution in [2.24, 2.45) is 0 Å². The summed E-state index contributed by atoms with van der Waals surface area (Å²) in [6.45, 7) is 7.76. The molecule has 1 aromatic carbocycles. The van der Waals surface area contributed by atoms with Gasteiger partial charge in [-0.2, -0.15) is 4.31 Å². The van der Waals surface area contributed by atoms with Crippen molar-refractivity contribution in [3.8, 4) is 0 Å². The average molecular weight is 469 g/mol. The van der Waals surface area contributed by atoms with Crippen molar-refractivity contribution in [3.63, 3.8) is 0 Å². The first kappa shape index (κ1) is 24.2. The van der Waals surface area contributed by atoms with Gasteiger partial charge in [-0.25, -0.2) is 13.2 Å². The molecule has 2 aliphatic rings. The van der Waals surface area contributed by atoms with Gasteiger partial charge >= 0.3 is 6.09 Å². The maximum atomic E-state index is 13.1. The summed E-state index contributed by atoms with van der Waals surface area (Å²) in [6, 6.07) is 4.12. The van der Waals surface area contributed by atoms with Gasteiger partial charge < -0.3 is 14.5 Å². The Labute approximate surface area is 189 Å². The zero-order valence-corrected chi connectivity index (χ0v) is 19.8. The van der Waals surface area contributed by atoms with Crippen molar-refractivity contribution in [2.45, 2.75) is 57.0 Å². The molecular formula is C21H32N4O6S. The molecule has 2 heterocycles. The summed E-state index contributed by atoms with van der Waals surface area (Å²) in [6.07, 6.45) is 3.15. The smallest absolute Gasteiger partial charge is 0.410 e. The van der Waals surface area contributed by atoms with Gasteiger partial charge in [0, 0.05) is 45.3 Å². The first-order chi connectivity index (χ1) is 15.0. The van der Waals surface area contributed by atoms with Crippen LogP contribution in [0.2, 0.25) is 0 Å². The third-order valence-electron chi connectivity index (χ3n) is 5.62. The van der Waals surface area contributed by atoms with Crippen molar-refractivity contribution in [2.75, 3.05) is 44.2 Å². The molecule has 32 heavy (non-hydrogen) atoms. The predicted octanol–water partition coefficient (Wildman–Crippen LogP) is 3.22. The summed E-state index contributed by atoms with van der Waals surface area (Å²) in [5, 5.41) is 11.8. The van der Waals surface area contributed by atoms with Crippen LogP contribution in [0, 0.1) is 10.1 Å². The lowest BCUT2D eigenvalue weighted by Gasteiger charge is -2.36. The van der Waals surface area contributed by atoms with Crippen LogP contribution < -0.4 is 4.90 Å². The first-order valence-corrected chi connectivity index (χ1v) is 12.4. The molecule has 0 radical (unpaired) electrons. The fourth-order valence-corrected chi connectivity index (χ4v) is 5.50. The highest BCUT2D eigenvalue weighted by molar-refractivity contribution is 7.89. The monoisotopic (exact) mass is 468 g/mol. The Bertz CT molecular complexity index is 944. The van der Waals surface area contributed by atoms with Crippen LogP contribution in [0.15, 0.2) is 23.1 Å². The van der Waals surface area contributed by atoms with Crippen LogP contribution in [-0.2, 0) is 14.8 Å². The summed E-state index contributed by atoms with van der Waals surface area (Å²) in [4.78, 5) is 26.8. The Hall–Kier alpha value is -2.40. The quantitative estimate of drug-likeness (QED) is 0.492. The molecular weight excluding hydrogens is 436 g/mol. The molecule has 2 aliphatic heterocycles. The second kappa shape index (κ2) is 9.62. The second-order valence-corrected chi connectivity index (χ2v) is 11.1. The summed E-state index contributed by atoms with van der Waals surface area (Å²) < 4.78 is 32.9. The van der Waals surface area contributed by atoms with Gasteiger partial charge in [0.1, 0.15) is 11.3 Å². The molecule has 178 valence electrons. The predicted molar refractivity (Wildman–Crippen MR) is 120 cm³/mol. The largest absolute Gasteiger partial charge is 0.444 e. The fraction of sp³-hybridized carbons (Fsp3) is 0.667. The van der Waals surface area contributed by atoms with Crippen LogP contribution in [0.3, 0.4) is 0 Å². The van der Waals surface area contributed by atoms with Crippen LogP contribution in [0.25, 0.3) is 0 Å². The summed E-state index contributed by atoms with van der Waals surface area (Å²) in [7, 11) is -3.79. The average Bonchev–Trinajstić information content (AvgIpc) is 3.02. The molecule has 1 amide bonds. The molecule has 2 fully saturated rings. The van der Waals surface area contributed by atoms with Gasteiger partial charge in [0.15, 0.2) is 0 Å². The number of sulfonamides is 1. The number of rotatable bonds is 4. The minimum absolute atomic E-state index is 0.0535. The van der Waals surface area contributed by atoms with Gasteiger partial charge in [-0.3, -0.25) is 10.1 Å². The maximum absolute atomic E-state index is 13.1. The minimum atomic E-state index is -3.79. The SMILES string of the molecule is CC(C)(C)OC(=O)N1CCN(c2ccc(S(=O)(=O)N3CCCCCC3)cc2[N+](=O)[O-])CC1. The maximum Gasteiger partial charge on any atom is 0.410 e. The van der Waals surface area contributed by atoms with E-state index in [4.69, 9.17) is 4.74 Å². The number of anilines is 1. The third-order valence-corrected chi connectivity index (χ3v) is 7.51. The molecule has 0 saturated carbocycles. The van der Waals surface area contributed by atoms with E-state index in [1.54, 1.807) is 30.6 Å². The Morgan fingerprint density at radius 1 is 1.00 bits per heavy atom. The third kappa shape index (κ3) is 5.69. The van der Waals surface area contributed by atoms with Crippen LogP contribution in [0.1, 0.15) is 46.5 Å². The van der Waals surface area contributed by atoms with Crippen molar-refractivity contribution in [1.29, 1.82) is 0 Å². The normalized spacial score (nSPS) is 18.8. The molecule has 1 aromatic rings. The Balaban J connectivity index is 1.77. The highest BCUT2D eigenvalue weighted by atomic mass is 32.2. The summed E-state index contributed by atoms with van der Waals surface area (Å²) >= 11 is 0. The van der Waals surface area contributed by atoms with Gasteiger partial charge in [-0.15, -0.1) is 0 Å². The Kier molecular flexibility index (Phi) is 7.29. The Morgan fingerprint density at radius 2 is 1.59 bits per heavy atom.